The minimum Gasteiger partial charge on any atom is -0.493 e. The minimum absolute atomic E-state index is 0.680. The predicted molar refractivity (Wildman–Crippen MR) is 121 cm³/mol. The van der Waals surface area contributed by atoms with Crippen molar-refractivity contribution in [2.45, 2.75) is 6.54 Å². The van der Waals surface area contributed by atoms with Gasteiger partial charge in [-0.1, -0.05) is 35.6 Å². The molecule has 0 aliphatic carbocycles. The van der Waals surface area contributed by atoms with Crippen LogP contribution < -0.4 is 14.8 Å². The number of benzene rings is 3. The molecule has 2 heterocycles. The number of nitrogens with zero attached hydrogens (tertiary/aromatic N) is 3. The summed E-state index contributed by atoms with van der Waals surface area (Å²) in [6, 6.07) is 20.3. The molecule has 0 atom stereocenters. The fourth-order valence-corrected chi connectivity index (χ4v) is 4.42. The highest BCUT2D eigenvalue weighted by molar-refractivity contribution is 7.22. The molecule has 2 aromatic heterocycles. The summed E-state index contributed by atoms with van der Waals surface area (Å²) in [5, 5.41) is 4.26. The SMILES string of the molecule is COc1cc2ncn(Cc3ccc4nc(Nc5ccccc5)sc4c3)c2cc1OC. The average molecular weight is 417 g/mol. The van der Waals surface area contributed by atoms with Gasteiger partial charge >= 0.3 is 0 Å². The Bertz CT molecular complexity index is 1330. The van der Waals surface area contributed by atoms with E-state index in [1.54, 1.807) is 25.6 Å². The highest BCUT2D eigenvalue weighted by Gasteiger charge is 2.11. The fourth-order valence-electron chi connectivity index (χ4n) is 3.47. The molecule has 0 unspecified atom stereocenters. The first-order valence-electron chi connectivity index (χ1n) is 9.52. The van der Waals surface area contributed by atoms with Crippen molar-refractivity contribution in [1.29, 1.82) is 0 Å². The van der Waals surface area contributed by atoms with Crippen molar-refractivity contribution in [3.05, 3.63) is 72.6 Å². The summed E-state index contributed by atoms with van der Waals surface area (Å²) in [5.41, 5.74) is 5.09. The number of nitrogens with one attached hydrogen (secondary N) is 1. The van der Waals surface area contributed by atoms with Crippen LogP contribution in [0.2, 0.25) is 0 Å². The van der Waals surface area contributed by atoms with E-state index in [9.17, 15) is 0 Å². The molecule has 150 valence electrons. The minimum atomic E-state index is 0.680. The van der Waals surface area contributed by atoms with Crippen molar-refractivity contribution in [1.82, 2.24) is 14.5 Å². The third-order valence-corrected chi connectivity index (χ3v) is 5.89. The molecular weight excluding hydrogens is 396 g/mol. The zero-order valence-electron chi connectivity index (χ0n) is 16.6. The van der Waals surface area contributed by atoms with Crippen molar-refractivity contribution in [3.8, 4) is 11.5 Å². The largest absolute Gasteiger partial charge is 0.493 e. The van der Waals surface area contributed by atoms with E-state index in [2.05, 4.69) is 33.1 Å². The Balaban J connectivity index is 1.44. The Morgan fingerprint density at radius 3 is 2.53 bits per heavy atom. The molecule has 6 nitrogen and oxygen atoms in total. The van der Waals surface area contributed by atoms with Crippen LogP contribution in [0.1, 0.15) is 5.56 Å². The normalized spacial score (nSPS) is 11.1. The van der Waals surface area contributed by atoms with E-state index < -0.39 is 0 Å². The van der Waals surface area contributed by atoms with E-state index in [1.807, 2.05) is 48.8 Å². The molecule has 1 N–H and O–H groups in total. The van der Waals surface area contributed by atoms with Gasteiger partial charge in [0.2, 0.25) is 0 Å². The zero-order valence-corrected chi connectivity index (χ0v) is 17.4. The molecule has 7 heteroatoms. The predicted octanol–water partition coefficient (Wildman–Crippen LogP) is 5.46. The second kappa shape index (κ2) is 7.68. The van der Waals surface area contributed by atoms with Crippen LogP contribution in [0.15, 0.2) is 67.0 Å². The topological polar surface area (TPSA) is 61.2 Å². The second-order valence-corrected chi connectivity index (χ2v) is 7.91. The van der Waals surface area contributed by atoms with E-state index in [0.717, 1.165) is 32.1 Å². The first kappa shape index (κ1) is 18.4. The molecular formula is C23H20N4O2S. The molecule has 0 saturated carbocycles. The number of methoxy groups -OCH3 is 2. The number of anilines is 2. The molecule has 0 bridgehead atoms. The summed E-state index contributed by atoms with van der Waals surface area (Å²) in [4.78, 5) is 9.22. The third-order valence-electron chi connectivity index (χ3n) is 4.96. The summed E-state index contributed by atoms with van der Waals surface area (Å²) in [7, 11) is 3.27. The number of thiazole rings is 1. The maximum atomic E-state index is 5.45. The molecule has 3 aromatic carbocycles. The lowest BCUT2D eigenvalue weighted by Crippen LogP contribution is -1.98. The van der Waals surface area contributed by atoms with Crippen molar-refractivity contribution >= 4 is 43.4 Å². The van der Waals surface area contributed by atoms with Gasteiger partial charge < -0.3 is 19.4 Å². The molecule has 0 amide bonds. The van der Waals surface area contributed by atoms with Gasteiger partial charge in [0.15, 0.2) is 16.6 Å². The van der Waals surface area contributed by atoms with Crippen LogP contribution in [0.5, 0.6) is 11.5 Å². The number of imidazole rings is 1. The zero-order chi connectivity index (χ0) is 20.5. The lowest BCUT2D eigenvalue weighted by atomic mass is 10.2. The summed E-state index contributed by atoms with van der Waals surface area (Å²) >= 11 is 1.65. The monoisotopic (exact) mass is 416 g/mol. The third kappa shape index (κ3) is 3.44. The van der Waals surface area contributed by atoms with E-state index in [-0.39, 0.29) is 0 Å². The van der Waals surface area contributed by atoms with Crippen LogP contribution in [0.3, 0.4) is 0 Å². The van der Waals surface area contributed by atoms with Gasteiger partial charge in [-0.15, -0.1) is 0 Å². The summed E-state index contributed by atoms with van der Waals surface area (Å²) in [6.45, 7) is 0.710. The molecule has 0 radical (unpaired) electrons. The van der Waals surface area contributed by atoms with Crippen LogP contribution in [-0.4, -0.2) is 28.8 Å². The van der Waals surface area contributed by atoms with Gasteiger partial charge in [0, 0.05) is 24.4 Å². The van der Waals surface area contributed by atoms with Crippen LogP contribution in [0.4, 0.5) is 10.8 Å². The Morgan fingerprint density at radius 2 is 1.73 bits per heavy atom. The molecule has 0 aliphatic rings. The Morgan fingerprint density at radius 1 is 0.933 bits per heavy atom. The number of ether oxygens (including phenoxy) is 2. The van der Waals surface area contributed by atoms with Crippen LogP contribution in [0, 0.1) is 0 Å². The first-order valence-corrected chi connectivity index (χ1v) is 10.3. The van der Waals surface area contributed by atoms with Crippen molar-refractivity contribution in [2.24, 2.45) is 0 Å². The molecule has 0 aliphatic heterocycles. The Kier molecular flexibility index (Phi) is 4.72. The van der Waals surface area contributed by atoms with Crippen molar-refractivity contribution in [2.75, 3.05) is 19.5 Å². The van der Waals surface area contributed by atoms with Crippen LogP contribution >= 0.6 is 11.3 Å². The highest BCUT2D eigenvalue weighted by Crippen LogP contribution is 2.33. The van der Waals surface area contributed by atoms with Crippen LogP contribution in [-0.2, 0) is 6.54 Å². The number of aromatic nitrogens is 3. The van der Waals surface area contributed by atoms with Crippen LogP contribution in [0.25, 0.3) is 21.3 Å². The van der Waals surface area contributed by atoms with Gasteiger partial charge in [-0.05, 0) is 29.8 Å². The lowest BCUT2D eigenvalue weighted by molar-refractivity contribution is 0.355. The lowest BCUT2D eigenvalue weighted by Gasteiger charge is -2.09. The van der Waals surface area contributed by atoms with Gasteiger partial charge in [0.1, 0.15) is 0 Å². The average Bonchev–Trinajstić information content (AvgIpc) is 3.36. The second-order valence-electron chi connectivity index (χ2n) is 6.88. The number of fused-ring (bicyclic) bond motifs is 2. The number of hydrogen-bond donors (Lipinski definition) is 1. The van der Waals surface area contributed by atoms with E-state index >= 15 is 0 Å². The smallest absolute Gasteiger partial charge is 0.188 e. The van der Waals surface area contributed by atoms with Crippen molar-refractivity contribution in [3.63, 3.8) is 0 Å². The van der Waals surface area contributed by atoms with Gasteiger partial charge in [0.25, 0.3) is 0 Å². The summed E-state index contributed by atoms with van der Waals surface area (Å²) < 4.78 is 14.1. The molecule has 5 rings (SSSR count). The van der Waals surface area contributed by atoms with E-state index in [4.69, 9.17) is 14.5 Å². The quantitative estimate of drug-likeness (QED) is 0.399. The standard InChI is InChI=1S/C23H20N4O2S/c1-28-20-11-18-19(12-21(20)29-2)27(14-24-18)13-15-8-9-17-22(10-15)30-23(26-17)25-16-6-4-3-5-7-16/h3-12,14H,13H2,1-2H3,(H,25,26). The van der Waals surface area contributed by atoms with Gasteiger partial charge in [-0.25, -0.2) is 9.97 Å². The molecule has 30 heavy (non-hydrogen) atoms. The maximum Gasteiger partial charge on any atom is 0.188 e. The van der Waals surface area contributed by atoms with E-state index in [1.165, 1.54) is 5.56 Å². The van der Waals surface area contributed by atoms with Gasteiger partial charge in [0.05, 0.1) is 41.8 Å². The summed E-state index contributed by atoms with van der Waals surface area (Å²) in [5.74, 6) is 1.38. The Labute approximate surface area is 177 Å². The molecule has 5 aromatic rings. The number of rotatable bonds is 6. The van der Waals surface area contributed by atoms with Gasteiger partial charge in [-0.3, -0.25) is 0 Å². The molecule has 0 fully saturated rings. The molecule has 0 spiro atoms. The van der Waals surface area contributed by atoms with Gasteiger partial charge in [-0.2, -0.15) is 0 Å². The number of hydrogen-bond acceptors (Lipinski definition) is 6. The molecule has 0 saturated heterocycles. The number of para-hydroxylation sites is 1. The first-order chi connectivity index (χ1) is 14.7. The maximum absolute atomic E-state index is 5.45. The fraction of sp³-hybridized carbons (Fsp3) is 0.130. The van der Waals surface area contributed by atoms with Crippen molar-refractivity contribution < 1.29 is 9.47 Å². The van der Waals surface area contributed by atoms with E-state index in [0.29, 0.717) is 18.0 Å². The highest BCUT2D eigenvalue weighted by atomic mass is 32.1. The Hall–Kier alpha value is -3.58. The summed E-state index contributed by atoms with van der Waals surface area (Å²) in [6.07, 6.45) is 1.85.